The van der Waals surface area contributed by atoms with Crippen LogP contribution >= 0.6 is 0 Å². The van der Waals surface area contributed by atoms with E-state index in [2.05, 4.69) is 4.74 Å². The average molecular weight is 248 g/mol. The molecular weight excluding hydrogens is 228 g/mol. The smallest absolute Gasteiger partial charge is 0.309 e. The van der Waals surface area contributed by atoms with Gasteiger partial charge in [0.2, 0.25) is 0 Å². The van der Waals surface area contributed by atoms with Gasteiger partial charge in [0.15, 0.2) is 0 Å². The first kappa shape index (κ1) is 12.9. The third kappa shape index (κ3) is 3.76. The summed E-state index contributed by atoms with van der Waals surface area (Å²) < 4.78 is 10.6. The van der Waals surface area contributed by atoms with Crippen molar-refractivity contribution in [1.82, 2.24) is 0 Å². The van der Waals surface area contributed by atoms with Gasteiger partial charge in [-0.3, -0.25) is 4.79 Å². The number of methoxy groups -OCH3 is 1. The predicted octanol–water partition coefficient (Wildman–Crippen LogP) is 3.11. The molecule has 3 heteroatoms. The molecule has 0 radical (unpaired) electrons. The number of hydrogen-bond acceptors (Lipinski definition) is 3. The Morgan fingerprint density at radius 1 is 1.17 bits per heavy atom. The summed E-state index contributed by atoms with van der Waals surface area (Å²) in [6, 6.07) is 7.73. The molecule has 2 rings (SSSR count). The fourth-order valence-electron chi connectivity index (χ4n) is 2.30. The Hall–Kier alpha value is -1.51. The number of carbonyl (C=O) groups excluding carboxylic acids is 1. The number of hydrogen-bond donors (Lipinski definition) is 0. The summed E-state index contributed by atoms with van der Waals surface area (Å²) in [5, 5.41) is 0. The Kier molecular flexibility index (Phi) is 4.62. The van der Waals surface area contributed by atoms with Gasteiger partial charge in [0.25, 0.3) is 0 Å². The van der Waals surface area contributed by atoms with Crippen LogP contribution in [0.2, 0.25) is 0 Å². The van der Waals surface area contributed by atoms with Gasteiger partial charge in [0, 0.05) is 0 Å². The van der Waals surface area contributed by atoms with Crippen molar-refractivity contribution in [2.75, 3.05) is 7.11 Å². The Morgan fingerprint density at radius 3 is 2.44 bits per heavy atom. The minimum Gasteiger partial charge on any atom is -0.490 e. The lowest BCUT2D eigenvalue weighted by atomic mass is 9.98. The monoisotopic (exact) mass is 248 g/mol. The lowest BCUT2D eigenvalue weighted by Gasteiger charge is -2.23. The predicted molar refractivity (Wildman–Crippen MR) is 69.7 cm³/mol. The minimum atomic E-state index is -0.212. The Labute approximate surface area is 108 Å². The molecule has 1 aromatic carbocycles. The molecule has 0 bridgehead atoms. The molecular formula is C15H20O3. The molecule has 0 amide bonds. The van der Waals surface area contributed by atoms with Crippen molar-refractivity contribution in [2.45, 2.75) is 44.6 Å². The molecule has 98 valence electrons. The van der Waals surface area contributed by atoms with Crippen LogP contribution in [0.1, 0.15) is 37.7 Å². The van der Waals surface area contributed by atoms with E-state index < -0.39 is 0 Å². The van der Waals surface area contributed by atoms with Gasteiger partial charge in [-0.05, 0) is 43.4 Å². The molecule has 1 saturated carbocycles. The second-order valence-corrected chi connectivity index (χ2v) is 4.77. The Morgan fingerprint density at radius 2 is 1.83 bits per heavy atom. The second-order valence-electron chi connectivity index (χ2n) is 4.77. The fraction of sp³-hybridized carbons (Fsp3) is 0.533. The van der Waals surface area contributed by atoms with E-state index in [1.165, 1.54) is 26.4 Å². The fourth-order valence-corrected chi connectivity index (χ4v) is 2.30. The first-order valence-electron chi connectivity index (χ1n) is 6.60. The first-order chi connectivity index (χ1) is 8.78. The molecule has 1 aliphatic rings. The van der Waals surface area contributed by atoms with Gasteiger partial charge in [0.1, 0.15) is 5.75 Å². The zero-order chi connectivity index (χ0) is 12.8. The van der Waals surface area contributed by atoms with Crippen molar-refractivity contribution >= 4 is 5.97 Å². The van der Waals surface area contributed by atoms with E-state index in [0.717, 1.165) is 24.2 Å². The summed E-state index contributed by atoms with van der Waals surface area (Å²) in [5.41, 5.74) is 0.956. The molecule has 0 aliphatic heterocycles. The van der Waals surface area contributed by atoms with Gasteiger partial charge in [0.05, 0.1) is 19.6 Å². The molecule has 1 aromatic rings. The Bertz CT molecular complexity index is 377. The largest absolute Gasteiger partial charge is 0.490 e. The number of benzene rings is 1. The highest BCUT2D eigenvalue weighted by molar-refractivity contribution is 5.72. The maximum atomic E-state index is 11.1. The van der Waals surface area contributed by atoms with E-state index in [-0.39, 0.29) is 5.97 Å². The van der Waals surface area contributed by atoms with Crippen LogP contribution in [0, 0.1) is 0 Å². The molecule has 0 aromatic heterocycles. The molecule has 1 aliphatic carbocycles. The quantitative estimate of drug-likeness (QED) is 0.768. The molecule has 3 nitrogen and oxygen atoms in total. The standard InChI is InChI=1S/C15H20O3/c1-17-15(16)11-12-7-9-14(10-8-12)18-13-5-3-2-4-6-13/h7-10,13H,2-6,11H2,1H3. The third-order valence-electron chi connectivity index (χ3n) is 3.35. The molecule has 0 spiro atoms. The average Bonchev–Trinajstić information content (AvgIpc) is 2.42. The lowest BCUT2D eigenvalue weighted by molar-refractivity contribution is -0.139. The van der Waals surface area contributed by atoms with Gasteiger partial charge in [-0.2, -0.15) is 0 Å². The van der Waals surface area contributed by atoms with Crippen molar-refractivity contribution in [3.63, 3.8) is 0 Å². The van der Waals surface area contributed by atoms with Crippen LogP contribution < -0.4 is 4.74 Å². The van der Waals surface area contributed by atoms with Crippen molar-refractivity contribution in [2.24, 2.45) is 0 Å². The maximum Gasteiger partial charge on any atom is 0.309 e. The SMILES string of the molecule is COC(=O)Cc1ccc(OC2CCCCC2)cc1. The lowest BCUT2D eigenvalue weighted by Crippen LogP contribution is -2.19. The van der Waals surface area contributed by atoms with E-state index in [4.69, 9.17) is 4.74 Å². The van der Waals surface area contributed by atoms with Gasteiger partial charge >= 0.3 is 5.97 Å². The molecule has 0 unspecified atom stereocenters. The van der Waals surface area contributed by atoms with Crippen LogP contribution in [0.4, 0.5) is 0 Å². The van der Waals surface area contributed by atoms with Crippen molar-refractivity contribution < 1.29 is 14.3 Å². The summed E-state index contributed by atoms with van der Waals surface area (Å²) in [6.45, 7) is 0. The number of carbonyl (C=O) groups is 1. The van der Waals surface area contributed by atoms with Crippen LogP contribution in [-0.4, -0.2) is 19.2 Å². The van der Waals surface area contributed by atoms with E-state index >= 15 is 0 Å². The zero-order valence-electron chi connectivity index (χ0n) is 10.9. The van der Waals surface area contributed by atoms with Gasteiger partial charge < -0.3 is 9.47 Å². The van der Waals surface area contributed by atoms with Crippen LogP contribution in [0.5, 0.6) is 5.75 Å². The topological polar surface area (TPSA) is 35.5 Å². The van der Waals surface area contributed by atoms with E-state index in [0.29, 0.717) is 12.5 Å². The second kappa shape index (κ2) is 6.43. The normalized spacial score (nSPS) is 16.3. The van der Waals surface area contributed by atoms with Gasteiger partial charge in [-0.25, -0.2) is 0 Å². The van der Waals surface area contributed by atoms with E-state index in [1.54, 1.807) is 0 Å². The highest BCUT2D eigenvalue weighted by atomic mass is 16.5. The Balaban J connectivity index is 1.88. The number of ether oxygens (including phenoxy) is 2. The summed E-state index contributed by atoms with van der Waals surface area (Å²) in [4.78, 5) is 11.1. The molecule has 18 heavy (non-hydrogen) atoms. The van der Waals surface area contributed by atoms with Crippen molar-refractivity contribution in [3.8, 4) is 5.75 Å². The molecule has 0 heterocycles. The van der Waals surface area contributed by atoms with E-state index in [9.17, 15) is 4.79 Å². The molecule has 0 atom stereocenters. The molecule has 0 saturated heterocycles. The van der Waals surface area contributed by atoms with Crippen molar-refractivity contribution in [1.29, 1.82) is 0 Å². The summed E-state index contributed by atoms with van der Waals surface area (Å²) >= 11 is 0. The molecule has 0 N–H and O–H groups in total. The van der Waals surface area contributed by atoms with Crippen LogP contribution in [0.15, 0.2) is 24.3 Å². The third-order valence-corrected chi connectivity index (χ3v) is 3.35. The van der Waals surface area contributed by atoms with E-state index in [1.807, 2.05) is 24.3 Å². The number of rotatable bonds is 4. The van der Waals surface area contributed by atoms with Gasteiger partial charge in [-0.15, -0.1) is 0 Å². The number of esters is 1. The van der Waals surface area contributed by atoms with Crippen molar-refractivity contribution in [3.05, 3.63) is 29.8 Å². The first-order valence-corrected chi connectivity index (χ1v) is 6.60. The summed E-state index contributed by atoms with van der Waals surface area (Å²) in [6.07, 6.45) is 6.87. The van der Waals surface area contributed by atoms with Crippen LogP contribution in [0.3, 0.4) is 0 Å². The zero-order valence-corrected chi connectivity index (χ0v) is 10.9. The van der Waals surface area contributed by atoms with Crippen LogP contribution in [-0.2, 0) is 16.0 Å². The highest BCUT2D eigenvalue weighted by Gasteiger charge is 2.14. The summed E-state index contributed by atoms with van der Waals surface area (Å²) in [7, 11) is 1.41. The van der Waals surface area contributed by atoms with Gasteiger partial charge in [-0.1, -0.05) is 18.6 Å². The molecule has 1 fully saturated rings. The highest BCUT2D eigenvalue weighted by Crippen LogP contribution is 2.23. The van der Waals surface area contributed by atoms with Crippen LogP contribution in [0.25, 0.3) is 0 Å². The maximum absolute atomic E-state index is 11.1. The minimum absolute atomic E-state index is 0.212. The summed E-state index contributed by atoms with van der Waals surface area (Å²) in [5.74, 6) is 0.687.